The number of rotatable bonds is 6. The molecule has 0 aromatic heterocycles. The lowest BCUT2D eigenvalue weighted by Crippen LogP contribution is -2.24. The second-order valence-corrected chi connectivity index (χ2v) is 10.6. The molecule has 0 radical (unpaired) electrons. The van der Waals surface area contributed by atoms with Crippen LogP contribution in [0.5, 0.6) is 0 Å². The van der Waals surface area contributed by atoms with Crippen molar-refractivity contribution in [2.45, 2.75) is 46.0 Å². The molecule has 0 aliphatic carbocycles. The standard InChI is InChI=1S/C24H26O2S2/c1-24(2,3)26-23(25)18-27-19-14-16-22(17-15-19)28(20-10-6-4-7-11-20)21-12-8-5-9-13-21/h4-17,28H,18H2,1-3H3. The van der Waals surface area contributed by atoms with Crippen LogP contribution in [0.3, 0.4) is 0 Å². The van der Waals surface area contributed by atoms with Gasteiger partial charge in [-0.1, -0.05) is 36.4 Å². The predicted molar refractivity (Wildman–Crippen MR) is 120 cm³/mol. The normalized spacial score (nSPS) is 11.8. The van der Waals surface area contributed by atoms with Crippen molar-refractivity contribution in [1.82, 2.24) is 0 Å². The zero-order chi connectivity index (χ0) is 20.0. The van der Waals surface area contributed by atoms with E-state index in [0.29, 0.717) is 5.75 Å². The maximum absolute atomic E-state index is 11.9. The first-order valence-corrected chi connectivity index (χ1v) is 11.6. The van der Waals surface area contributed by atoms with Crippen LogP contribution in [-0.4, -0.2) is 17.3 Å². The average molecular weight is 411 g/mol. The number of ether oxygens (including phenoxy) is 1. The van der Waals surface area contributed by atoms with Crippen LogP contribution in [0.4, 0.5) is 0 Å². The van der Waals surface area contributed by atoms with Crippen molar-refractivity contribution in [3.63, 3.8) is 0 Å². The molecule has 0 unspecified atom stereocenters. The summed E-state index contributed by atoms with van der Waals surface area (Å²) in [4.78, 5) is 17.0. The van der Waals surface area contributed by atoms with Crippen molar-refractivity contribution in [2.24, 2.45) is 0 Å². The first kappa shape index (κ1) is 20.6. The lowest BCUT2D eigenvalue weighted by molar-refractivity contribution is -0.151. The first-order valence-electron chi connectivity index (χ1n) is 9.27. The summed E-state index contributed by atoms with van der Waals surface area (Å²) in [7, 11) is -0.600. The summed E-state index contributed by atoms with van der Waals surface area (Å²) in [6.45, 7) is 5.67. The summed E-state index contributed by atoms with van der Waals surface area (Å²) >= 11 is 1.51. The van der Waals surface area contributed by atoms with Crippen molar-refractivity contribution in [3.05, 3.63) is 84.9 Å². The Balaban J connectivity index is 1.77. The van der Waals surface area contributed by atoms with Crippen molar-refractivity contribution >= 4 is 28.6 Å². The highest BCUT2D eigenvalue weighted by atomic mass is 32.2. The molecule has 3 aromatic rings. The molecule has 146 valence electrons. The van der Waals surface area contributed by atoms with Crippen LogP contribution in [0.1, 0.15) is 20.8 Å². The number of esters is 1. The Hall–Kier alpha value is -2.17. The minimum Gasteiger partial charge on any atom is -0.459 e. The fourth-order valence-electron chi connectivity index (χ4n) is 2.81. The van der Waals surface area contributed by atoms with Gasteiger partial charge in [0, 0.05) is 4.90 Å². The molecule has 0 heterocycles. The molecule has 0 aliphatic rings. The van der Waals surface area contributed by atoms with Crippen molar-refractivity contribution in [3.8, 4) is 0 Å². The van der Waals surface area contributed by atoms with Crippen LogP contribution in [0, 0.1) is 0 Å². The Morgan fingerprint density at radius 2 is 1.25 bits per heavy atom. The molecule has 28 heavy (non-hydrogen) atoms. The zero-order valence-corrected chi connectivity index (χ0v) is 18.2. The van der Waals surface area contributed by atoms with E-state index in [9.17, 15) is 4.79 Å². The number of hydrogen-bond donors (Lipinski definition) is 1. The number of benzene rings is 3. The number of thioether (sulfide) groups is 1. The maximum Gasteiger partial charge on any atom is 0.316 e. The van der Waals surface area contributed by atoms with E-state index in [1.807, 2.05) is 20.8 Å². The van der Waals surface area contributed by atoms with Gasteiger partial charge in [-0.2, -0.15) is 10.9 Å². The first-order chi connectivity index (χ1) is 13.4. The number of carbonyl (C=O) groups is 1. The fourth-order valence-corrected chi connectivity index (χ4v) is 5.76. The van der Waals surface area contributed by atoms with Gasteiger partial charge >= 0.3 is 5.97 Å². The van der Waals surface area contributed by atoms with E-state index in [0.717, 1.165) is 4.90 Å². The van der Waals surface area contributed by atoms with E-state index in [1.54, 1.807) is 0 Å². The molecule has 0 saturated heterocycles. The maximum atomic E-state index is 11.9. The summed E-state index contributed by atoms with van der Waals surface area (Å²) in [6, 6.07) is 29.9. The largest absolute Gasteiger partial charge is 0.459 e. The second-order valence-electron chi connectivity index (χ2n) is 7.38. The molecule has 4 heteroatoms. The molecule has 0 atom stereocenters. The van der Waals surface area contributed by atoms with Crippen LogP contribution >= 0.6 is 22.7 Å². The van der Waals surface area contributed by atoms with E-state index in [2.05, 4.69) is 84.9 Å². The summed E-state index contributed by atoms with van der Waals surface area (Å²) < 4.78 is 5.38. The van der Waals surface area contributed by atoms with Crippen LogP contribution in [-0.2, 0) is 9.53 Å². The number of hydrogen-bond acceptors (Lipinski definition) is 3. The van der Waals surface area contributed by atoms with E-state index >= 15 is 0 Å². The van der Waals surface area contributed by atoms with Gasteiger partial charge in [-0.05, 0) is 84.0 Å². The van der Waals surface area contributed by atoms with E-state index < -0.39 is 16.5 Å². The molecule has 0 spiro atoms. The van der Waals surface area contributed by atoms with Gasteiger partial charge in [0.2, 0.25) is 0 Å². The van der Waals surface area contributed by atoms with Gasteiger partial charge < -0.3 is 4.74 Å². The van der Waals surface area contributed by atoms with E-state index in [4.69, 9.17) is 4.74 Å². The Morgan fingerprint density at radius 1 is 0.786 bits per heavy atom. The Kier molecular flexibility index (Phi) is 6.87. The van der Waals surface area contributed by atoms with Gasteiger partial charge in [-0.25, -0.2) is 0 Å². The van der Waals surface area contributed by atoms with Crippen molar-refractivity contribution < 1.29 is 9.53 Å². The van der Waals surface area contributed by atoms with Gasteiger partial charge in [0.1, 0.15) is 5.60 Å². The average Bonchev–Trinajstić information content (AvgIpc) is 2.68. The minimum absolute atomic E-state index is 0.183. The smallest absolute Gasteiger partial charge is 0.316 e. The minimum atomic E-state index is -0.600. The molecule has 0 N–H and O–H groups in total. The van der Waals surface area contributed by atoms with Crippen LogP contribution < -0.4 is 0 Å². The second kappa shape index (κ2) is 9.35. The van der Waals surface area contributed by atoms with E-state index in [1.165, 1.54) is 26.4 Å². The highest BCUT2D eigenvalue weighted by molar-refractivity contribution is 8.17. The highest BCUT2D eigenvalue weighted by Gasteiger charge is 2.16. The topological polar surface area (TPSA) is 26.3 Å². The summed E-state index contributed by atoms with van der Waals surface area (Å²) in [5, 5.41) is 0. The molecule has 0 saturated carbocycles. The zero-order valence-electron chi connectivity index (χ0n) is 16.5. The third kappa shape index (κ3) is 5.91. The summed E-state index contributed by atoms with van der Waals surface area (Å²) in [5.74, 6) is 0.139. The van der Waals surface area contributed by atoms with Crippen LogP contribution in [0.2, 0.25) is 0 Å². The van der Waals surface area contributed by atoms with Crippen molar-refractivity contribution in [1.29, 1.82) is 0 Å². The summed E-state index contributed by atoms with van der Waals surface area (Å²) in [5.41, 5.74) is -0.442. The predicted octanol–water partition coefficient (Wildman–Crippen LogP) is 6.60. The molecule has 3 aromatic carbocycles. The number of carbonyl (C=O) groups excluding carboxylic acids is 1. The molecule has 0 aliphatic heterocycles. The van der Waals surface area contributed by atoms with Gasteiger partial charge in [-0.3, -0.25) is 4.79 Å². The molecule has 0 fully saturated rings. The fraction of sp³-hybridized carbons (Fsp3) is 0.208. The third-order valence-electron chi connectivity index (χ3n) is 3.90. The molecule has 2 nitrogen and oxygen atoms in total. The lowest BCUT2D eigenvalue weighted by atomic mass is 10.2. The Bertz CT molecular complexity index is 846. The number of thiol groups is 1. The van der Waals surface area contributed by atoms with Gasteiger partial charge in [-0.15, -0.1) is 11.8 Å². The molecular formula is C24H26O2S2. The van der Waals surface area contributed by atoms with Gasteiger partial charge in [0.25, 0.3) is 0 Å². The Morgan fingerprint density at radius 3 is 1.71 bits per heavy atom. The van der Waals surface area contributed by atoms with E-state index in [-0.39, 0.29) is 5.97 Å². The Labute approximate surface area is 174 Å². The van der Waals surface area contributed by atoms with Gasteiger partial charge in [0.05, 0.1) is 5.75 Å². The van der Waals surface area contributed by atoms with Crippen LogP contribution in [0.15, 0.2) is 105 Å². The molecular weight excluding hydrogens is 384 g/mol. The van der Waals surface area contributed by atoms with Gasteiger partial charge in [0.15, 0.2) is 0 Å². The molecule has 0 bridgehead atoms. The monoisotopic (exact) mass is 410 g/mol. The molecule has 3 rings (SSSR count). The van der Waals surface area contributed by atoms with Crippen molar-refractivity contribution in [2.75, 3.05) is 5.75 Å². The molecule has 0 amide bonds. The summed E-state index contributed by atoms with van der Waals surface area (Å²) in [6.07, 6.45) is 0. The third-order valence-corrected chi connectivity index (χ3v) is 7.33. The van der Waals surface area contributed by atoms with Crippen LogP contribution in [0.25, 0.3) is 0 Å². The highest BCUT2D eigenvalue weighted by Crippen LogP contribution is 2.51. The lowest BCUT2D eigenvalue weighted by Gasteiger charge is -2.23. The SMILES string of the molecule is CC(C)(C)OC(=O)CSc1ccc([SH](c2ccccc2)c2ccccc2)cc1. The quantitative estimate of drug-likeness (QED) is 0.282.